The molecule has 1 fully saturated rings. The van der Waals surface area contributed by atoms with Gasteiger partial charge in [-0.15, -0.1) is 0 Å². The standard InChI is InChI=1S/C18H18N2/c1-13-4-2-3-5-18(13)15-10-17(11-15)20-16-8-6-14(12-19)7-9-16/h2-9,15,17,20H,10-11H2,1H3. The lowest BCUT2D eigenvalue weighted by atomic mass is 9.74. The fraction of sp³-hybridized carbons (Fsp3) is 0.278. The van der Waals surface area contributed by atoms with Crippen molar-refractivity contribution in [3.05, 3.63) is 65.2 Å². The quantitative estimate of drug-likeness (QED) is 0.898. The van der Waals surface area contributed by atoms with Crippen LogP contribution >= 0.6 is 0 Å². The minimum absolute atomic E-state index is 0.549. The molecule has 1 N–H and O–H groups in total. The predicted molar refractivity (Wildman–Crippen MR) is 81.7 cm³/mol. The second kappa shape index (κ2) is 5.38. The van der Waals surface area contributed by atoms with Crippen molar-refractivity contribution in [3.63, 3.8) is 0 Å². The van der Waals surface area contributed by atoms with Gasteiger partial charge in [-0.2, -0.15) is 5.26 Å². The maximum atomic E-state index is 8.78. The zero-order chi connectivity index (χ0) is 13.9. The van der Waals surface area contributed by atoms with Crippen molar-refractivity contribution in [2.45, 2.75) is 31.7 Å². The predicted octanol–water partition coefficient (Wildman–Crippen LogP) is 4.22. The molecule has 0 radical (unpaired) electrons. The van der Waals surface area contributed by atoms with Gasteiger partial charge in [0.2, 0.25) is 0 Å². The molecule has 0 heterocycles. The Morgan fingerprint density at radius 3 is 2.40 bits per heavy atom. The first-order valence-electron chi connectivity index (χ1n) is 7.08. The largest absolute Gasteiger partial charge is 0.382 e. The van der Waals surface area contributed by atoms with E-state index >= 15 is 0 Å². The second-order valence-electron chi connectivity index (χ2n) is 5.56. The molecule has 1 aliphatic carbocycles. The SMILES string of the molecule is Cc1ccccc1C1CC(Nc2ccc(C#N)cc2)C1. The molecule has 0 aromatic heterocycles. The third-order valence-electron chi connectivity index (χ3n) is 4.15. The lowest BCUT2D eigenvalue weighted by molar-refractivity contribution is 0.373. The number of hydrogen-bond acceptors (Lipinski definition) is 2. The Labute approximate surface area is 120 Å². The van der Waals surface area contributed by atoms with E-state index in [9.17, 15) is 0 Å². The molecule has 0 atom stereocenters. The van der Waals surface area contributed by atoms with Crippen LogP contribution in [0.2, 0.25) is 0 Å². The number of rotatable bonds is 3. The third kappa shape index (κ3) is 2.53. The van der Waals surface area contributed by atoms with Crippen LogP contribution in [0.15, 0.2) is 48.5 Å². The van der Waals surface area contributed by atoms with Crippen molar-refractivity contribution in [1.29, 1.82) is 5.26 Å². The van der Waals surface area contributed by atoms with Gasteiger partial charge in [-0.3, -0.25) is 0 Å². The van der Waals surface area contributed by atoms with E-state index in [2.05, 4.69) is 42.6 Å². The summed E-state index contributed by atoms with van der Waals surface area (Å²) in [5.74, 6) is 0.687. The highest BCUT2D eigenvalue weighted by molar-refractivity contribution is 5.48. The summed E-state index contributed by atoms with van der Waals surface area (Å²) in [6, 6.07) is 19.1. The Morgan fingerprint density at radius 1 is 1.05 bits per heavy atom. The van der Waals surface area contributed by atoms with Crippen LogP contribution in [0.1, 0.15) is 35.4 Å². The van der Waals surface area contributed by atoms with Gasteiger partial charge >= 0.3 is 0 Å². The van der Waals surface area contributed by atoms with E-state index in [4.69, 9.17) is 5.26 Å². The smallest absolute Gasteiger partial charge is 0.0991 e. The molecule has 0 unspecified atom stereocenters. The van der Waals surface area contributed by atoms with Crippen molar-refractivity contribution < 1.29 is 0 Å². The lowest BCUT2D eigenvalue weighted by Crippen LogP contribution is -2.34. The molecule has 0 bridgehead atoms. The minimum Gasteiger partial charge on any atom is -0.382 e. The molecule has 0 spiro atoms. The van der Waals surface area contributed by atoms with E-state index in [-0.39, 0.29) is 0 Å². The highest BCUT2D eigenvalue weighted by Gasteiger charge is 2.30. The highest BCUT2D eigenvalue weighted by Crippen LogP contribution is 2.39. The summed E-state index contributed by atoms with van der Waals surface area (Å²) >= 11 is 0. The molecule has 20 heavy (non-hydrogen) atoms. The van der Waals surface area contributed by atoms with Gasteiger partial charge in [-0.1, -0.05) is 24.3 Å². The van der Waals surface area contributed by atoms with Crippen LogP contribution in [0.3, 0.4) is 0 Å². The lowest BCUT2D eigenvalue weighted by Gasteiger charge is -2.37. The Morgan fingerprint density at radius 2 is 1.75 bits per heavy atom. The van der Waals surface area contributed by atoms with Gasteiger partial charge in [0, 0.05) is 11.7 Å². The van der Waals surface area contributed by atoms with E-state index in [1.54, 1.807) is 0 Å². The molecule has 1 saturated carbocycles. The summed E-state index contributed by atoms with van der Waals surface area (Å²) in [6.45, 7) is 2.19. The van der Waals surface area contributed by atoms with Gasteiger partial charge in [-0.25, -0.2) is 0 Å². The summed E-state index contributed by atoms with van der Waals surface area (Å²) in [6.07, 6.45) is 2.37. The van der Waals surface area contributed by atoms with Gasteiger partial charge in [0.25, 0.3) is 0 Å². The number of aryl methyl sites for hydroxylation is 1. The van der Waals surface area contributed by atoms with E-state index in [1.807, 2.05) is 24.3 Å². The zero-order valence-corrected chi connectivity index (χ0v) is 11.6. The molecular weight excluding hydrogens is 244 g/mol. The maximum Gasteiger partial charge on any atom is 0.0991 e. The number of anilines is 1. The van der Waals surface area contributed by atoms with E-state index in [0.29, 0.717) is 17.5 Å². The molecule has 0 aliphatic heterocycles. The molecule has 3 rings (SSSR count). The van der Waals surface area contributed by atoms with Crippen LogP contribution < -0.4 is 5.32 Å². The number of hydrogen-bond donors (Lipinski definition) is 1. The molecule has 0 amide bonds. The summed E-state index contributed by atoms with van der Waals surface area (Å²) in [4.78, 5) is 0. The van der Waals surface area contributed by atoms with Gasteiger partial charge in [0.15, 0.2) is 0 Å². The minimum atomic E-state index is 0.549. The summed E-state index contributed by atoms with van der Waals surface area (Å²) in [5.41, 5.74) is 4.71. The Hall–Kier alpha value is -2.27. The first-order valence-corrected chi connectivity index (χ1v) is 7.08. The van der Waals surface area contributed by atoms with E-state index in [0.717, 1.165) is 5.69 Å². The number of nitrogens with one attached hydrogen (secondary N) is 1. The number of benzene rings is 2. The third-order valence-corrected chi connectivity index (χ3v) is 4.15. The van der Waals surface area contributed by atoms with Gasteiger partial charge in [-0.05, 0) is 61.1 Å². The van der Waals surface area contributed by atoms with E-state index < -0.39 is 0 Å². The topological polar surface area (TPSA) is 35.8 Å². The second-order valence-corrected chi connectivity index (χ2v) is 5.56. The van der Waals surface area contributed by atoms with Gasteiger partial charge in [0.05, 0.1) is 11.6 Å². The van der Waals surface area contributed by atoms with Crippen LogP contribution in [-0.4, -0.2) is 6.04 Å². The van der Waals surface area contributed by atoms with Crippen molar-refractivity contribution in [3.8, 4) is 6.07 Å². The summed E-state index contributed by atoms with van der Waals surface area (Å²) in [7, 11) is 0. The average molecular weight is 262 g/mol. The normalized spacial score (nSPS) is 20.8. The molecule has 0 saturated heterocycles. The van der Waals surface area contributed by atoms with Crippen molar-refractivity contribution in [1.82, 2.24) is 0 Å². The molecular formula is C18H18N2. The summed E-state index contributed by atoms with van der Waals surface area (Å²) < 4.78 is 0. The van der Waals surface area contributed by atoms with E-state index in [1.165, 1.54) is 24.0 Å². The van der Waals surface area contributed by atoms with Crippen LogP contribution in [0.25, 0.3) is 0 Å². The zero-order valence-electron chi connectivity index (χ0n) is 11.6. The van der Waals surface area contributed by atoms with Crippen LogP contribution in [0.4, 0.5) is 5.69 Å². The Kier molecular flexibility index (Phi) is 3.43. The molecule has 100 valence electrons. The summed E-state index contributed by atoms with van der Waals surface area (Å²) in [5, 5.41) is 12.3. The fourth-order valence-electron chi connectivity index (χ4n) is 2.91. The maximum absolute atomic E-state index is 8.78. The number of nitriles is 1. The molecule has 2 heteroatoms. The van der Waals surface area contributed by atoms with Crippen LogP contribution in [-0.2, 0) is 0 Å². The van der Waals surface area contributed by atoms with Crippen molar-refractivity contribution in [2.24, 2.45) is 0 Å². The van der Waals surface area contributed by atoms with Gasteiger partial charge < -0.3 is 5.32 Å². The first-order chi connectivity index (χ1) is 9.76. The van der Waals surface area contributed by atoms with Crippen molar-refractivity contribution in [2.75, 3.05) is 5.32 Å². The van der Waals surface area contributed by atoms with Crippen LogP contribution in [0.5, 0.6) is 0 Å². The molecule has 1 aliphatic rings. The Balaban J connectivity index is 1.58. The average Bonchev–Trinajstić information content (AvgIpc) is 2.44. The first kappa shape index (κ1) is 12.7. The molecule has 2 nitrogen and oxygen atoms in total. The molecule has 2 aromatic carbocycles. The number of nitrogens with zero attached hydrogens (tertiary/aromatic N) is 1. The van der Waals surface area contributed by atoms with Gasteiger partial charge in [0.1, 0.15) is 0 Å². The highest BCUT2D eigenvalue weighted by atomic mass is 14.9. The van der Waals surface area contributed by atoms with Crippen LogP contribution in [0, 0.1) is 18.3 Å². The molecule has 2 aromatic rings. The Bertz CT molecular complexity index is 631. The fourth-order valence-corrected chi connectivity index (χ4v) is 2.91. The monoisotopic (exact) mass is 262 g/mol. The van der Waals surface area contributed by atoms with Crippen molar-refractivity contribution >= 4 is 5.69 Å².